The van der Waals surface area contributed by atoms with Gasteiger partial charge in [0.2, 0.25) is 11.8 Å². The maximum atomic E-state index is 12.4. The first kappa shape index (κ1) is 19.7. The van der Waals surface area contributed by atoms with Gasteiger partial charge in [0.05, 0.1) is 19.3 Å². The lowest BCUT2D eigenvalue weighted by molar-refractivity contribution is -0.133. The number of ether oxygens (including phenoxy) is 1. The number of aryl methyl sites for hydroxylation is 1. The molecule has 1 aliphatic rings. The molecule has 1 saturated heterocycles. The number of anilines is 1. The number of hydrogen-bond acceptors (Lipinski definition) is 4. The summed E-state index contributed by atoms with van der Waals surface area (Å²) in [5.41, 5.74) is 2.17. The molecule has 1 heterocycles. The van der Waals surface area contributed by atoms with Crippen molar-refractivity contribution in [3.63, 3.8) is 0 Å². The summed E-state index contributed by atoms with van der Waals surface area (Å²) in [6.45, 7) is 2.82. The van der Waals surface area contributed by atoms with Gasteiger partial charge in [0.1, 0.15) is 5.75 Å². The molecular formula is C22H27N3O3. The van der Waals surface area contributed by atoms with Gasteiger partial charge in [-0.05, 0) is 24.1 Å². The molecule has 2 amide bonds. The zero-order chi connectivity index (χ0) is 19.8. The summed E-state index contributed by atoms with van der Waals surface area (Å²) >= 11 is 0. The third-order valence-electron chi connectivity index (χ3n) is 4.98. The van der Waals surface area contributed by atoms with Crippen LogP contribution in [0.2, 0.25) is 0 Å². The minimum Gasteiger partial charge on any atom is -0.495 e. The van der Waals surface area contributed by atoms with E-state index in [1.54, 1.807) is 7.11 Å². The molecule has 0 spiro atoms. The molecule has 1 fully saturated rings. The number of piperazine rings is 1. The van der Waals surface area contributed by atoms with Crippen LogP contribution in [0, 0.1) is 0 Å². The van der Waals surface area contributed by atoms with Gasteiger partial charge >= 0.3 is 0 Å². The number of para-hydroxylation sites is 2. The smallest absolute Gasteiger partial charge is 0.242 e. The highest BCUT2D eigenvalue weighted by Gasteiger charge is 2.22. The van der Waals surface area contributed by atoms with Crippen molar-refractivity contribution >= 4 is 17.5 Å². The molecule has 0 unspecified atom stereocenters. The molecular weight excluding hydrogens is 354 g/mol. The van der Waals surface area contributed by atoms with Crippen LogP contribution < -0.4 is 15.0 Å². The molecule has 6 nitrogen and oxygen atoms in total. The van der Waals surface area contributed by atoms with E-state index in [2.05, 4.69) is 10.2 Å². The fourth-order valence-electron chi connectivity index (χ4n) is 3.36. The van der Waals surface area contributed by atoms with Gasteiger partial charge in [-0.3, -0.25) is 9.59 Å². The van der Waals surface area contributed by atoms with Crippen LogP contribution in [0.4, 0.5) is 5.69 Å². The molecule has 0 bridgehead atoms. The van der Waals surface area contributed by atoms with E-state index in [-0.39, 0.29) is 18.4 Å². The van der Waals surface area contributed by atoms with Crippen LogP contribution in [0.3, 0.4) is 0 Å². The first-order valence-electron chi connectivity index (χ1n) is 9.63. The van der Waals surface area contributed by atoms with Crippen molar-refractivity contribution in [2.75, 3.05) is 44.7 Å². The first-order valence-corrected chi connectivity index (χ1v) is 9.63. The monoisotopic (exact) mass is 381 g/mol. The minimum absolute atomic E-state index is 0.0345. The van der Waals surface area contributed by atoms with Crippen molar-refractivity contribution in [2.24, 2.45) is 0 Å². The normalized spacial score (nSPS) is 13.9. The summed E-state index contributed by atoms with van der Waals surface area (Å²) in [5, 5.41) is 2.75. The van der Waals surface area contributed by atoms with Gasteiger partial charge < -0.3 is 19.9 Å². The zero-order valence-corrected chi connectivity index (χ0v) is 16.3. The summed E-state index contributed by atoms with van der Waals surface area (Å²) < 4.78 is 5.42. The lowest BCUT2D eigenvalue weighted by atomic mass is 10.1. The number of hydrogen-bond donors (Lipinski definition) is 1. The molecule has 3 rings (SSSR count). The molecule has 6 heteroatoms. The number of carbonyl (C=O) groups excluding carboxylic acids is 2. The quantitative estimate of drug-likeness (QED) is 0.798. The standard InChI is InChI=1S/C22H27N3O3/c1-28-20-10-6-5-9-19(20)24-13-15-25(16-14-24)22(27)17-23-21(26)12-11-18-7-3-2-4-8-18/h2-10H,11-17H2,1H3,(H,23,26). The molecule has 2 aromatic carbocycles. The van der Waals surface area contributed by atoms with E-state index in [0.29, 0.717) is 25.9 Å². The Balaban J connectivity index is 1.41. The summed E-state index contributed by atoms with van der Waals surface area (Å²) in [6, 6.07) is 17.8. The maximum Gasteiger partial charge on any atom is 0.242 e. The maximum absolute atomic E-state index is 12.4. The average Bonchev–Trinajstić information content (AvgIpc) is 2.76. The second-order valence-electron chi connectivity index (χ2n) is 6.80. The Kier molecular flexibility index (Phi) is 6.89. The Bertz CT molecular complexity index is 787. The highest BCUT2D eigenvalue weighted by molar-refractivity contribution is 5.85. The van der Waals surface area contributed by atoms with Crippen molar-refractivity contribution in [3.8, 4) is 5.75 Å². The average molecular weight is 381 g/mol. The molecule has 2 aromatic rings. The fourth-order valence-corrected chi connectivity index (χ4v) is 3.36. The molecule has 0 saturated carbocycles. The van der Waals surface area contributed by atoms with Gasteiger partial charge in [-0.1, -0.05) is 42.5 Å². The molecule has 0 aromatic heterocycles. The van der Waals surface area contributed by atoms with Gasteiger partial charge in [-0.25, -0.2) is 0 Å². The Morgan fingerprint density at radius 3 is 2.36 bits per heavy atom. The van der Waals surface area contributed by atoms with Gasteiger partial charge in [0, 0.05) is 32.6 Å². The van der Waals surface area contributed by atoms with Gasteiger partial charge in [-0.15, -0.1) is 0 Å². The van der Waals surface area contributed by atoms with E-state index in [1.165, 1.54) is 0 Å². The Hall–Kier alpha value is -3.02. The fraction of sp³-hybridized carbons (Fsp3) is 0.364. The number of rotatable bonds is 7. The molecule has 28 heavy (non-hydrogen) atoms. The highest BCUT2D eigenvalue weighted by atomic mass is 16.5. The van der Waals surface area contributed by atoms with E-state index in [0.717, 1.165) is 30.1 Å². The SMILES string of the molecule is COc1ccccc1N1CCN(C(=O)CNC(=O)CCc2ccccc2)CC1. The molecule has 1 N–H and O–H groups in total. The van der Waals surface area contributed by atoms with Crippen molar-refractivity contribution in [3.05, 3.63) is 60.2 Å². The van der Waals surface area contributed by atoms with Crippen molar-refractivity contribution in [2.45, 2.75) is 12.8 Å². The molecule has 0 atom stereocenters. The number of amides is 2. The lowest BCUT2D eigenvalue weighted by Crippen LogP contribution is -2.51. The topological polar surface area (TPSA) is 61.9 Å². The van der Waals surface area contributed by atoms with Crippen molar-refractivity contribution in [1.82, 2.24) is 10.2 Å². The van der Waals surface area contributed by atoms with Crippen LogP contribution in [-0.4, -0.2) is 56.5 Å². The van der Waals surface area contributed by atoms with E-state index in [4.69, 9.17) is 4.74 Å². The van der Waals surface area contributed by atoms with Crippen LogP contribution in [0.1, 0.15) is 12.0 Å². The number of benzene rings is 2. The predicted molar refractivity (Wildman–Crippen MR) is 110 cm³/mol. The van der Waals surface area contributed by atoms with Gasteiger partial charge in [0.25, 0.3) is 0 Å². The van der Waals surface area contributed by atoms with Crippen LogP contribution in [-0.2, 0) is 16.0 Å². The largest absolute Gasteiger partial charge is 0.495 e. The van der Waals surface area contributed by atoms with E-state index >= 15 is 0 Å². The van der Waals surface area contributed by atoms with Crippen LogP contribution in [0.15, 0.2) is 54.6 Å². The summed E-state index contributed by atoms with van der Waals surface area (Å²) in [7, 11) is 1.67. The van der Waals surface area contributed by atoms with E-state index < -0.39 is 0 Å². The predicted octanol–water partition coefficient (Wildman–Crippen LogP) is 2.09. The zero-order valence-electron chi connectivity index (χ0n) is 16.3. The summed E-state index contributed by atoms with van der Waals surface area (Å²) in [6.07, 6.45) is 1.07. The molecule has 0 aliphatic carbocycles. The third-order valence-corrected chi connectivity index (χ3v) is 4.98. The van der Waals surface area contributed by atoms with Crippen molar-refractivity contribution < 1.29 is 14.3 Å². The van der Waals surface area contributed by atoms with Crippen molar-refractivity contribution in [1.29, 1.82) is 0 Å². The Morgan fingerprint density at radius 2 is 1.64 bits per heavy atom. The Morgan fingerprint density at radius 1 is 0.964 bits per heavy atom. The van der Waals surface area contributed by atoms with Gasteiger partial charge in [0.15, 0.2) is 0 Å². The highest BCUT2D eigenvalue weighted by Crippen LogP contribution is 2.28. The number of nitrogens with one attached hydrogen (secondary N) is 1. The molecule has 148 valence electrons. The lowest BCUT2D eigenvalue weighted by Gasteiger charge is -2.36. The number of methoxy groups -OCH3 is 1. The first-order chi connectivity index (χ1) is 13.7. The van der Waals surface area contributed by atoms with E-state index in [9.17, 15) is 9.59 Å². The second-order valence-corrected chi connectivity index (χ2v) is 6.80. The molecule has 0 radical (unpaired) electrons. The summed E-state index contributed by atoms with van der Waals surface area (Å²) in [4.78, 5) is 28.5. The van der Waals surface area contributed by atoms with Gasteiger partial charge in [-0.2, -0.15) is 0 Å². The second kappa shape index (κ2) is 9.78. The third kappa shape index (κ3) is 5.25. The minimum atomic E-state index is -0.0927. The summed E-state index contributed by atoms with van der Waals surface area (Å²) in [5.74, 6) is 0.713. The van der Waals surface area contributed by atoms with Crippen LogP contribution in [0.25, 0.3) is 0 Å². The van der Waals surface area contributed by atoms with Crippen LogP contribution >= 0.6 is 0 Å². The van der Waals surface area contributed by atoms with E-state index in [1.807, 2.05) is 59.5 Å². The van der Waals surface area contributed by atoms with Crippen LogP contribution in [0.5, 0.6) is 5.75 Å². The Labute approximate surface area is 166 Å². The number of carbonyl (C=O) groups is 2. The molecule has 1 aliphatic heterocycles. The number of nitrogens with zero attached hydrogens (tertiary/aromatic N) is 2.